The largest absolute Gasteiger partial charge is 0.402 e. The number of ketones is 1. The molecular formula is C26H29F2N7O. The molecule has 0 unspecified atom stereocenters. The molecule has 0 saturated carbocycles. The smallest absolute Gasteiger partial charge is 0.333 e. The summed E-state index contributed by atoms with van der Waals surface area (Å²) in [4.78, 5) is 18.7. The van der Waals surface area contributed by atoms with Crippen molar-refractivity contribution in [3.63, 3.8) is 0 Å². The molecular weight excluding hydrogens is 464 g/mol. The maximum atomic E-state index is 13.2. The second-order valence-electron chi connectivity index (χ2n) is 8.22. The lowest BCUT2D eigenvalue weighted by Crippen LogP contribution is -2.13. The third-order valence-electron chi connectivity index (χ3n) is 5.33. The van der Waals surface area contributed by atoms with Crippen LogP contribution in [0, 0.1) is 13.8 Å². The van der Waals surface area contributed by atoms with E-state index in [2.05, 4.69) is 22.0 Å². The molecule has 0 bridgehead atoms. The van der Waals surface area contributed by atoms with Crippen molar-refractivity contribution in [2.75, 3.05) is 10.2 Å². The number of Topliss-reactive ketones (excluding diaryl/α,β-unsaturated/α-hetero) is 1. The molecule has 36 heavy (non-hydrogen) atoms. The molecule has 188 valence electrons. The van der Waals surface area contributed by atoms with E-state index in [0.717, 1.165) is 16.9 Å². The molecule has 0 saturated heterocycles. The normalized spacial score (nSPS) is 12.1. The minimum atomic E-state index is -2.81. The zero-order valence-electron chi connectivity index (χ0n) is 20.6. The Labute approximate surface area is 208 Å². The van der Waals surface area contributed by atoms with Crippen molar-refractivity contribution in [2.45, 2.75) is 34.2 Å². The molecule has 2 aromatic heterocycles. The van der Waals surface area contributed by atoms with Gasteiger partial charge in [-0.15, -0.1) is 0 Å². The number of carbonyl (C=O) groups is 1. The number of nitrogens with zero attached hydrogens (tertiary/aromatic N) is 4. The van der Waals surface area contributed by atoms with Crippen LogP contribution >= 0.6 is 0 Å². The van der Waals surface area contributed by atoms with Gasteiger partial charge in [0.1, 0.15) is 11.6 Å². The first kappa shape index (κ1) is 26.1. The number of allylic oxidation sites excluding steroid dienone is 3. The van der Waals surface area contributed by atoms with Gasteiger partial charge in [0.05, 0.1) is 17.1 Å². The number of hydrogen-bond donors (Lipinski definition) is 3. The van der Waals surface area contributed by atoms with Crippen molar-refractivity contribution in [1.29, 1.82) is 0 Å². The standard InChI is InChI=1S/C26H29F2N7O/c1-6-34(22-10-8-19(13-15(22)2)31-23(30)11-7-16(3)29)24-12-9-20(18(5)36)25(32-24)21-14-35(26(27)28)33-17(21)4/h6-14,26,31H,1,29-30H2,2-5H3/b16-7-,23-11+. The molecule has 0 radical (unpaired) electrons. The number of anilines is 3. The van der Waals surface area contributed by atoms with Crippen LogP contribution in [0.1, 0.15) is 42.0 Å². The van der Waals surface area contributed by atoms with Crippen LogP contribution in [-0.2, 0) is 0 Å². The summed E-state index contributed by atoms with van der Waals surface area (Å²) in [5.74, 6) is 0.648. The molecule has 0 aliphatic rings. The summed E-state index contributed by atoms with van der Waals surface area (Å²) in [6.07, 6.45) is 6.16. The number of nitrogens with two attached hydrogens (primary N) is 2. The highest BCUT2D eigenvalue weighted by Crippen LogP contribution is 2.33. The summed E-state index contributed by atoms with van der Waals surface area (Å²) < 4.78 is 27.0. The van der Waals surface area contributed by atoms with Gasteiger partial charge in [-0.2, -0.15) is 13.9 Å². The SMILES string of the molecule is C=CN(c1ccc(C(C)=O)c(-c2cn(C(F)F)nc2C)n1)c1ccc(N/C(N)=C/C=C(/C)N)cc1C. The lowest BCUT2D eigenvalue weighted by molar-refractivity contribution is 0.0563. The minimum absolute atomic E-state index is 0.240. The van der Waals surface area contributed by atoms with Gasteiger partial charge in [-0.05, 0) is 75.7 Å². The monoisotopic (exact) mass is 493 g/mol. The van der Waals surface area contributed by atoms with Crippen molar-refractivity contribution >= 4 is 23.0 Å². The number of halogens is 2. The predicted molar refractivity (Wildman–Crippen MR) is 139 cm³/mol. The number of aromatic nitrogens is 3. The number of carbonyl (C=O) groups excluding carboxylic acids is 1. The molecule has 0 atom stereocenters. The van der Waals surface area contributed by atoms with Crippen molar-refractivity contribution in [1.82, 2.24) is 14.8 Å². The molecule has 2 heterocycles. The fourth-order valence-corrected chi connectivity index (χ4v) is 3.63. The zero-order valence-corrected chi connectivity index (χ0v) is 20.6. The van der Waals surface area contributed by atoms with Crippen LogP contribution in [0.4, 0.5) is 26.0 Å². The Morgan fingerprint density at radius 3 is 2.44 bits per heavy atom. The lowest BCUT2D eigenvalue weighted by atomic mass is 10.0. The fourth-order valence-electron chi connectivity index (χ4n) is 3.63. The van der Waals surface area contributed by atoms with Crippen LogP contribution in [0.2, 0.25) is 0 Å². The first-order chi connectivity index (χ1) is 17.0. The van der Waals surface area contributed by atoms with Gasteiger partial charge in [-0.25, -0.2) is 9.67 Å². The van der Waals surface area contributed by atoms with Crippen molar-refractivity contribution in [2.24, 2.45) is 11.5 Å². The molecule has 1 aromatic carbocycles. The van der Waals surface area contributed by atoms with Crippen molar-refractivity contribution < 1.29 is 13.6 Å². The molecule has 0 amide bonds. The highest BCUT2D eigenvalue weighted by atomic mass is 19.3. The zero-order chi connectivity index (χ0) is 26.6. The molecule has 0 spiro atoms. The molecule has 8 nitrogen and oxygen atoms in total. The Morgan fingerprint density at radius 1 is 1.17 bits per heavy atom. The Bertz CT molecular complexity index is 1350. The van der Waals surface area contributed by atoms with E-state index in [0.29, 0.717) is 38.8 Å². The van der Waals surface area contributed by atoms with Crippen molar-refractivity contribution in [3.05, 3.63) is 89.8 Å². The number of alkyl halides is 2. The highest BCUT2D eigenvalue weighted by molar-refractivity contribution is 6.00. The van der Waals surface area contributed by atoms with E-state index in [1.165, 1.54) is 13.1 Å². The van der Waals surface area contributed by atoms with Gasteiger partial charge in [0, 0.05) is 34.9 Å². The van der Waals surface area contributed by atoms with Crippen LogP contribution < -0.4 is 21.7 Å². The third-order valence-corrected chi connectivity index (χ3v) is 5.33. The predicted octanol–water partition coefficient (Wildman–Crippen LogP) is 5.52. The maximum Gasteiger partial charge on any atom is 0.333 e. The lowest BCUT2D eigenvalue weighted by Gasteiger charge is -2.23. The fraction of sp³-hybridized carbons (Fsp3) is 0.192. The van der Waals surface area contributed by atoms with Gasteiger partial charge in [0.2, 0.25) is 0 Å². The van der Waals surface area contributed by atoms with Crippen LogP contribution in [0.3, 0.4) is 0 Å². The summed E-state index contributed by atoms with van der Waals surface area (Å²) in [7, 11) is 0. The van der Waals surface area contributed by atoms with Gasteiger partial charge < -0.3 is 21.7 Å². The Hall–Kier alpha value is -4.47. The first-order valence-electron chi connectivity index (χ1n) is 11.1. The average molecular weight is 494 g/mol. The van der Waals surface area contributed by atoms with E-state index in [9.17, 15) is 13.6 Å². The minimum Gasteiger partial charge on any atom is -0.402 e. The summed E-state index contributed by atoms with van der Waals surface area (Å²) >= 11 is 0. The van der Waals surface area contributed by atoms with Crippen LogP contribution in [0.15, 0.2) is 73.0 Å². The molecule has 5 N–H and O–H groups in total. The summed E-state index contributed by atoms with van der Waals surface area (Å²) in [6.45, 7) is 7.79. The van der Waals surface area contributed by atoms with Crippen molar-refractivity contribution in [3.8, 4) is 11.3 Å². The summed E-state index contributed by atoms with van der Waals surface area (Å²) in [5.41, 5.74) is 16.0. The summed E-state index contributed by atoms with van der Waals surface area (Å²) in [6, 6.07) is 8.94. The van der Waals surface area contributed by atoms with Gasteiger partial charge in [-0.1, -0.05) is 6.58 Å². The van der Waals surface area contributed by atoms with E-state index in [1.807, 2.05) is 25.1 Å². The molecule has 0 fully saturated rings. The molecule has 10 heteroatoms. The number of hydrogen-bond acceptors (Lipinski definition) is 7. The van der Waals surface area contributed by atoms with E-state index < -0.39 is 6.55 Å². The molecule has 3 rings (SSSR count). The van der Waals surface area contributed by atoms with Gasteiger partial charge >= 0.3 is 6.55 Å². The van der Waals surface area contributed by atoms with E-state index >= 15 is 0 Å². The first-order valence-corrected chi connectivity index (χ1v) is 11.1. The molecule has 3 aromatic rings. The topological polar surface area (TPSA) is 115 Å². The molecule has 0 aliphatic heterocycles. The molecule has 0 aliphatic carbocycles. The van der Waals surface area contributed by atoms with E-state index in [1.54, 1.807) is 49.2 Å². The quantitative estimate of drug-likeness (QED) is 0.266. The third kappa shape index (κ3) is 5.77. The number of pyridine rings is 1. The van der Waals surface area contributed by atoms with E-state index in [4.69, 9.17) is 11.5 Å². The van der Waals surface area contributed by atoms with Gasteiger partial charge in [0.25, 0.3) is 0 Å². The number of benzene rings is 1. The Morgan fingerprint density at radius 2 is 1.89 bits per heavy atom. The summed E-state index contributed by atoms with van der Waals surface area (Å²) in [5, 5.41) is 6.96. The van der Waals surface area contributed by atoms with Crippen LogP contribution in [-0.4, -0.2) is 20.5 Å². The Balaban J connectivity index is 2.03. The van der Waals surface area contributed by atoms with Gasteiger partial charge in [0.15, 0.2) is 5.78 Å². The number of aryl methyl sites for hydroxylation is 2. The van der Waals surface area contributed by atoms with E-state index in [-0.39, 0.29) is 11.5 Å². The van der Waals surface area contributed by atoms with Gasteiger partial charge in [-0.3, -0.25) is 4.79 Å². The number of nitrogens with one attached hydrogen (secondary N) is 1. The highest BCUT2D eigenvalue weighted by Gasteiger charge is 2.21. The van der Waals surface area contributed by atoms with Crippen LogP contribution in [0.5, 0.6) is 0 Å². The second-order valence-corrected chi connectivity index (χ2v) is 8.22. The Kier molecular flexibility index (Phi) is 7.88. The van der Waals surface area contributed by atoms with Crippen LogP contribution in [0.25, 0.3) is 11.3 Å². The number of rotatable bonds is 9. The average Bonchev–Trinajstić information content (AvgIpc) is 3.21. The maximum absolute atomic E-state index is 13.2. The second kappa shape index (κ2) is 10.9.